The van der Waals surface area contributed by atoms with Crippen molar-refractivity contribution in [2.24, 2.45) is 0 Å². The van der Waals surface area contributed by atoms with Gasteiger partial charge in [0.05, 0.1) is 5.75 Å². The standard InChI is InChI=1S/C26H30N4OS/c1-20-24(18-22-10-5-3-6-11-22)26(28-21(2)27-20)30-15-9-14-29(16-17-30)25(31)19-32-23-12-7-4-8-13-23/h3-8,10-13H,9,14-19H2,1-2H3. The Kier molecular flexibility index (Phi) is 7.43. The molecule has 5 nitrogen and oxygen atoms in total. The van der Waals surface area contributed by atoms with Crippen molar-refractivity contribution in [2.75, 3.05) is 36.8 Å². The molecular formula is C26H30N4OS. The fourth-order valence-corrected chi connectivity index (χ4v) is 4.94. The lowest BCUT2D eigenvalue weighted by molar-refractivity contribution is -0.128. The van der Waals surface area contributed by atoms with Gasteiger partial charge < -0.3 is 9.80 Å². The fourth-order valence-electron chi connectivity index (χ4n) is 4.12. The van der Waals surface area contributed by atoms with Crippen molar-refractivity contribution in [3.8, 4) is 0 Å². The number of nitrogens with zero attached hydrogens (tertiary/aromatic N) is 4. The minimum atomic E-state index is 0.209. The van der Waals surface area contributed by atoms with Crippen LogP contribution in [-0.2, 0) is 11.2 Å². The summed E-state index contributed by atoms with van der Waals surface area (Å²) < 4.78 is 0. The van der Waals surface area contributed by atoms with Crippen LogP contribution < -0.4 is 4.90 Å². The molecule has 0 spiro atoms. The Morgan fingerprint density at radius 2 is 1.62 bits per heavy atom. The minimum absolute atomic E-state index is 0.209. The molecule has 0 unspecified atom stereocenters. The van der Waals surface area contributed by atoms with Gasteiger partial charge in [-0.1, -0.05) is 48.5 Å². The van der Waals surface area contributed by atoms with Gasteiger partial charge in [-0.05, 0) is 38.0 Å². The lowest BCUT2D eigenvalue weighted by Gasteiger charge is -2.26. The Balaban J connectivity index is 1.45. The first-order valence-corrected chi connectivity index (χ1v) is 12.2. The monoisotopic (exact) mass is 446 g/mol. The van der Waals surface area contributed by atoms with Crippen molar-refractivity contribution >= 4 is 23.5 Å². The number of rotatable bonds is 6. The molecule has 2 heterocycles. The van der Waals surface area contributed by atoms with Crippen molar-refractivity contribution in [3.63, 3.8) is 0 Å². The van der Waals surface area contributed by atoms with Gasteiger partial charge in [-0.25, -0.2) is 9.97 Å². The lowest BCUT2D eigenvalue weighted by atomic mass is 10.0. The molecule has 32 heavy (non-hydrogen) atoms. The summed E-state index contributed by atoms with van der Waals surface area (Å²) in [7, 11) is 0. The number of aromatic nitrogens is 2. The average molecular weight is 447 g/mol. The molecule has 6 heteroatoms. The summed E-state index contributed by atoms with van der Waals surface area (Å²) in [4.78, 5) is 27.8. The molecule has 1 aliphatic rings. The molecule has 0 atom stereocenters. The van der Waals surface area contributed by atoms with Crippen LogP contribution in [-0.4, -0.2) is 52.7 Å². The zero-order valence-electron chi connectivity index (χ0n) is 18.8. The van der Waals surface area contributed by atoms with E-state index >= 15 is 0 Å². The lowest BCUT2D eigenvalue weighted by Crippen LogP contribution is -2.36. The van der Waals surface area contributed by atoms with Gasteiger partial charge in [0.2, 0.25) is 5.91 Å². The summed E-state index contributed by atoms with van der Waals surface area (Å²) in [5.41, 5.74) is 3.47. The van der Waals surface area contributed by atoms with Gasteiger partial charge in [0, 0.05) is 48.8 Å². The van der Waals surface area contributed by atoms with Crippen LogP contribution >= 0.6 is 11.8 Å². The number of hydrogen-bond donors (Lipinski definition) is 0. The quantitative estimate of drug-likeness (QED) is 0.521. The van der Waals surface area contributed by atoms with Gasteiger partial charge in [0.25, 0.3) is 0 Å². The molecule has 1 aliphatic heterocycles. The molecule has 0 N–H and O–H groups in total. The van der Waals surface area contributed by atoms with E-state index in [-0.39, 0.29) is 5.91 Å². The second kappa shape index (κ2) is 10.6. The van der Waals surface area contributed by atoms with Crippen LogP contribution in [0.4, 0.5) is 5.82 Å². The molecule has 4 rings (SSSR count). The van der Waals surface area contributed by atoms with E-state index < -0.39 is 0 Å². The van der Waals surface area contributed by atoms with E-state index in [4.69, 9.17) is 4.98 Å². The molecule has 166 valence electrons. The number of benzene rings is 2. The van der Waals surface area contributed by atoms with E-state index in [1.54, 1.807) is 11.8 Å². The van der Waals surface area contributed by atoms with E-state index in [0.717, 1.165) is 61.3 Å². The zero-order chi connectivity index (χ0) is 22.3. The molecule has 0 bridgehead atoms. The fraction of sp³-hybridized carbons (Fsp3) is 0.346. The third-order valence-electron chi connectivity index (χ3n) is 5.78. The summed E-state index contributed by atoms with van der Waals surface area (Å²) in [5, 5.41) is 0. The summed E-state index contributed by atoms with van der Waals surface area (Å²) in [6.07, 6.45) is 1.75. The highest BCUT2D eigenvalue weighted by Gasteiger charge is 2.23. The molecule has 0 radical (unpaired) electrons. The number of carbonyl (C=O) groups is 1. The minimum Gasteiger partial charge on any atom is -0.354 e. The summed E-state index contributed by atoms with van der Waals surface area (Å²) >= 11 is 1.61. The molecule has 1 amide bonds. The van der Waals surface area contributed by atoms with E-state index in [1.807, 2.05) is 36.1 Å². The molecule has 2 aromatic carbocycles. The number of hydrogen-bond acceptors (Lipinski definition) is 5. The summed E-state index contributed by atoms with van der Waals surface area (Å²) in [5.74, 6) is 2.51. The van der Waals surface area contributed by atoms with Gasteiger partial charge >= 0.3 is 0 Å². The Labute approximate surface area is 194 Å². The van der Waals surface area contributed by atoms with Crippen LogP contribution in [0.25, 0.3) is 0 Å². The number of anilines is 1. The highest BCUT2D eigenvalue weighted by Crippen LogP contribution is 2.25. The first-order chi connectivity index (χ1) is 15.6. The predicted octanol–water partition coefficient (Wildman–Crippen LogP) is 4.52. The highest BCUT2D eigenvalue weighted by molar-refractivity contribution is 8.00. The van der Waals surface area contributed by atoms with Gasteiger partial charge in [-0.2, -0.15) is 0 Å². The van der Waals surface area contributed by atoms with Crippen molar-refractivity contribution in [1.29, 1.82) is 0 Å². The summed E-state index contributed by atoms with van der Waals surface area (Å²) in [6, 6.07) is 20.6. The maximum Gasteiger partial charge on any atom is 0.232 e. The zero-order valence-corrected chi connectivity index (χ0v) is 19.6. The highest BCUT2D eigenvalue weighted by atomic mass is 32.2. The SMILES string of the molecule is Cc1nc(C)c(Cc2ccccc2)c(N2CCCN(C(=O)CSc3ccccc3)CC2)n1. The maximum atomic E-state index is 12.8. The first-order valence-electron chi connectivity index (χ1n) is 11.2. The smallest absolute Gasteiger partial charge is 0.232 e. The average Bonchev–Trinajstić information content (AvgIpc) is 3.07. The first kappa shape index (κ1) is 22.3. The Hall–Kier alpha value is -2.86. The molecule has 0 saturated carbocycles. The van der Waals surface area contributed by atoms with E-state index in [1.165, 1.54) is 11.1 Å². The van der Waals surface area contributed by atoms with Crippen LogP contribution in [0.2, 0.25) is 0 Å². The number of thioether (sulfide) groups is 1. The Bertz CT molecular complexity index is 1040. The van der Waals surface area contributed by atoms with E-state index in [0.29, 0.717) is 5.75 Å². The third kappa shape index (κ3) is 5.68. The molecular weight excluding hydrogens is 416 g/mol. The second-order valence-electron chi connectivity index (χ2n) is 8.14. The normalized spacial score (nSPS) is 14.3. The molecule has 1 fully saturated rings. The van der Waals surface area contributed by atoms with Gasteiger partial charge in [0.1, 0.15) is 11.6 Å². The van der Waals surface area contributed by atoms with Crippen molar-refractivity contribution < 1.29 is 4.79 Å². The van der Waals surface area contributed by atoms with Gasteiger partial charge in [-0.15, -0.1) is 11.8 Å². The van der Waals surface area contributed by atoms with E-state index in [9.17, 15) is 4.79 Å². The van der Waals surface area contributed by atoms with Crippen molar-refractivity contribution in [2.45, 2.75) is 31.6 Å². The summed E-state index contributed by atoms with van der Waals surface area (Å²) in [6.45, 7) is 7.23. The molecule has 1 saturated heterocycles. The van der Waals surface area contributed by atoms with Crippen molar-refractivity contribution in [3.05, 3.63) is 83.3 Å². The van der Waals surface area contributed by atoms with Crippen LogP contribution in [0.1, 0.15) is 29.1 Å². The largest absolute Gasteiger partial charge is 0.354 e. The molecule has 3 aromatic rings. The second-order valence-corrected chi connectivity index (χ2v) is 9.19. The van der Waals surface area contributed by atoms with E-state index in [2.05, 4.69) is 53.2 Å². The Morgan fingerprint density at radius 3 is 2.38 bits per heavy atom. The molecule has 1 aromatic heterocycles. The number of carbonyl (C=O) groups excluding carboxylic acids is 1. The van der Waals surface area contributed by atoms with Crippen LogP contribution in [0.5, 0.6) is 0 Å². The van der Waals surface area contributed by atoms with Crippen LogP contribution in [0, 0.1) is 13.8 Å². The van der Waals surface area contributed by atoms with Gasteiger partial charge in [-0.3, -0.25) is 4.79 Å². The van der Waals surface area contributed by atoms with Crippen molar-refractivity contribution in [1.82, 2.24) is 14.9 Å². The number of aryl methyl sites for hydroxylation is 2. The van der Waals surface area contributed by atoms with Crippen LogP contribution in [0.3, 0.4) is 0 Å². The maximum absolute atomic E-state index is 12.8. The van der Waals surface area contributed by atoms with Gasteiger partial charge in [0.15, 0.2) is 0 Å². The number of amides is 1. The molecule has 0 aliphatic carbocycles. The van der Waals surface area contributed by atoms with Crippen LogP contribution in [0.15, 0.2) is 65.6 Å². The third-order valence-corrected chi connectivity index (χ3v) is 6.78. The Morgan fingerprint density at radius 1 is 0.906 bits per heavy atom. The topological polar surface area (TPSA) is 49.3 Å². The predicted molar refractivity (Wildman–Crippen MR) is 131 cm³/mol.